The number of aromatic nitrogens is 2. The molecule has 4 aromatic rings. The van der Waals surface area contributed by atoms with Crippen molar-refractivity contribution in [1.29, 1.82) is 0 Å². The lowest BCUT2D eigenvalue weighted by Gasteiger charge is -2.08. The maximum Gasteiger partial charge on any atom is 0.358 e. The number of esters is 1. The van der Waals surface area contributed by atoms with Gasteiger partial charge in [0.05, 0.1) is 19.9 Å². The fourth-order valence-electron chi connectivity index (χ4n) is 2.77. The number of rotatable bonds is 7. The third kappa shape index (κ3) is 4.34. The van der Waals surface area contributed by atoms with Crippen LogP contribution in [-0.2, 0) is 11.3 Å². The first kappa shape index (κ1) is 20.1. The highest BCUT2D eigenvalue weighted by Gasteiger charge is 2.16. The van der Waals surface area contributed by atoms with E-state index in [2.05, 4.69) is 9.97 Å². The summed E-state index contributed by atoms with van der Waals surface area (Å²) in [5, 5.41) is 5.17. The van der Waals surface area contributed by atoms with Crippen LogP contribution in [0.25, 0.3) is 21.1 Å². The Labute approximate surface area is 181 Å². The van der Waals surface area contributed by atoms with Crippen LogP contribution in [0.15, 0.2) is 59.3 Å². The van der Waals surface area contributed by atoms with E-state index in [-0.39, 0.29) is 12.3 Å². The van der Waals surface area contributed by atoms with E-state index in [1.807, 2.05) is 47.8 Å². The second kappa shape index (κ2) is 9.06. The van der Waals surface area contributed by atoms with E-state index in [0.717, 1.165) is 16.1 Å². The van der Waals surface area contributed by atoms with E-state index in [9.17, 15) is 4.79 Å². The smallest absolute Gasteiger partial charge is 0.358 e. The van der Waals surface area contributed by atoms with Crippen molar-refractivity contribution in [2.45, 2.75) is 6.61 Å². The molecule has 0 unspecified atom stereocenters. The van der Waals surface area contributed by atoms with Gasteiger partial charge in [0.15, 0.2) is 17.2 Å². The van der Waals surface area contributed by atoms with Gasteiger partial charge in [-0.3, -0.25) is 0 Å². The molecule has 0 spiro atoms. The highest BCUT2D eigenvalue weighted by atomic mass is 32.1. The van der Waals surface area contributed by atoms with Crippen molar-refractivity contribution in [3.05, 3.63) is 70.7 Å². The molecule has 2 aromatic heterocycles. The zero-order valence-corrected chi connectivity index (χ0v) is 18.0. The lowest BCUT2D eigenvalue weighted by Crippen LogP contribution is -2.05. The first-order valence-corrected chi connectivity index (χ1v) is 10.8. The second-order valence-electron chi connectivity index (χ2n) is 6.19. The lowest BCUT2D eigenvalue weighted by atomic mass is 10.2. The molecule has 0 atom stereocenters. The first-order chi connectivity index (χ1) is 14.7. The van der Waals surface area contributed by atoms with E-state index in [4.69, 9.17) is 14.2 Å². The molecule has 0 aliphatic heterocycles. The summed E-state index contributed by atoms with van der Waals surface area (Å²) >= 11 is 2.88. The van der Waals surface area contributed by atoms with Crippen molar-refractivity contribution in [2.75, 3.05) is 14.2 Å². The number of carbonyl (C=O) groups is 1. The largest absolute Gasteiger partial charge is 0.493 e. The lowest BCUT2D eigenvalue weighted by molar-refractivity contribution is 0.0462. The number of hydrogen-bond acceptors (Lipinski definition) is 8. The molecule has 8 heteroatoms. The van der Waals surface area contributed by atoms with Crippen LogP contribution >= 0.6 is 22.7 Å². The van der Waals surface area contributed by atoms with Gasteiger partial charge in [-0.25, -0.2) is 14.8 Å². The summed E-state index contributed by atoms with van der Waals surface area (Å²) in [4.78, 5) is 21.4. The van der Waals surface area contributed by atoms with Crippen LogP contribution < -0.4 is 9.47 Å². The molecule has 0 amide bonds. The van der Waals surface area contributed by atoms with Crippen molar-refractivity contribution in [1.82, 2.24) is 9.97 Å². The van der Waals surface area contributed by atoms with Crippen LogP contribution in [0.4, 0.5) is 0 Å². The Balaban J connectivity index is 1.42. The van der Waals surface area contributed by atoms with Crippen LogP contribution in [0, 0.1) is 0 Å². The molecule has 0 N–H and O–H groups in total. The fraction of sp³-hybridized carbons (Fsp3) is 0.136. The Morgan fingerprint density at radius 2 is 1.60 bits per heavy atom. The highest BCUT2D eigenvalue weighted by Crippen LogP contribution is 2.33. The molecule has 0 aliphatic rings. The van der Waals surface area contributed by atoms with Gasteiger partial charge >= 0.3 is 5.97 Å². The number of methoxy groups -OCH3 is 2. The van der Waals surface area contributed by atoms with Crippen LogP contribution in [0.2, 0.25) is 0 Å². The quantitative estimate of drug-likeness (QED) is 0.364. The molecular weight excluding hydrogens is 420 g/mol. The Kier molecular flexibility index (Phi) is 6.06. The van der Waals surface area contributed by atoms with Crippen molar-refractivity contribution in [3.63, 3.8) is 0 Å². The minimum Gasteiger partial charge on any atom is -0.493 e. The normalized spacial score (nSPS) is 10.6. The molecule has 0 saturated carbocycles. The summed E-state index contributed by atoms with van der Waals surface area (Å²) < 4.78 is 16.0. The van der Waals surface area contributed by atoms with Gasteiger partial charge in [0.25, 0.3) is 0 Å². The van der Waals surface area contributed by atoms with Crippen molar-refractivity contribution >= 4 is 28.6 Å². The van der Waals surface area contributed by atoms with Gasteiger partial charge in [-0.1, -0.05) is 30.3 Å². The monoisotopic (exact) mass is 438 g/mol. The Bertz CT molecular complexity index is 1150. The fourth-order valence-corrected chi connectivity index (χ4v) is 4.37. The number of nitrogens with zero attached hydrogens (tertiary/aromatic N) is 2. The van der Waals surface area contributed by atoms with Crippen molar-refractivity contribution < 1.29 is 19.0 Å². The maximum absolute atomic E-state index is 12.4. The van der Waals surface area contributed by atoms with Crippen LogP contribution in [-0.4, -0.2) is 30.2 Å². The minimum absolute atomic E-state index is 0.103. The number of carbonyl (C=O) groups excluding carboxylic acids is 1. The van der Waals surface area contributed by atoms with E-state index in [1.54, 1.807) is 25.7 Å². The molecule has 0 bridgehead atoms. The average molecular weight is 439 g/mol. The predicted molar refractivity (Wildman–Crippen MR) is 117 cm³/mol. The van der Waals surface area contributed by atoms with E-state index in [1.165, 1.54) is 22.7 Å². The van der Waals surface area contributed by atoms with Crippen LogP contribution in [0.1, 0.15) is 16.2 Å². The second-order valence-corrected chi connectivity index (χ2v) is 7.91. The Hall–Kier alpha value is -3.23. The van der Waals surface area contributed by atoms with Crippen molar-refractivity contribution in [3.8, 4) is 32.6 Å². The molecule has 0 fully saturated rings. The number of hydrogen-bond donors (Lipinski definition) is 0. The minimum atomic E-state index is -0.479. The Morgan fingerprint density at radius 1 is 0.867 bits per heavy atom. The van der Waals surface area contributed by atoms with Gasteiger partial charge < -0.3 is 14.2 Å². The van der Waals surface area contributed by atoms with E-state index in [0.29, 0.717) is 22.2 Å². The van der Waals surface area contributed by atoms with E-state index < -0.39 is 5.97 Å². The maximum atomic E-state index is 12.4. The molecule has 2 aromatic carbocycles. The molecular formula is C22H18N2O4S2. The first-order valence-electron chi connectivity index (χ1n) is 9.03. The van der Waals surface area contributed by atoms with Gasteiger partial charge in [0.2, 0.25) is 0 Å². The third-order valence-electron chi connectivity index (χ3n) is 4.27. The molecule has 0 radical (unpaired) electrons. The molecule has 6 nitrogen and oxygen atoms in total. The van der Waals surface area contributed by atoms with Gasteiger partial charge in [-0.15, -0.1) is 22.7 Å². The number of thiazole rings is 2. The predicted octanol–water partition coefficient (Wildman–Crippen LogP) is 5.31. The third-order valence-corrected chi connectivity index (χ3v) is 6.10. The number of ether oxygens (including phenoxy) is 3. The number of benzene rings is 2. The van der Waals surface area contributed by atoms with Crippen LogP contribution in [0.5, 0.6) is 11.5 Å². The molecule has 0 aliphatic carbocycles. The molecule has 152 valence electrons. The Morgan fingerprint density at radius 3 is 2.37 bits per heavy atom. The molecule has 0 saturated heterocycles. The van der Waals surface area contributed by atoms with E-state index >= 15 is 0 Å². The van der Waals surface area contributed by atoms with Gasteiger partial charge in [0, 0.05) is 21.9 Å². The SMILES string of the molecule is COc1ccc(-c2nc(C(=O)OCc3csc(-c4ccccc4)n3)cs2)cc1OC. The van der Waals surface area contributed by atoms with Crippen molar-refractivity contribution in [2.24, 2.45) is 0 Å². The molecule has 30 heavy (non-hydrogen) atoms. The van der Waals surface area contributed by atoms with Crippen LogP contribution in [0.3, 0.4) is 0 Å². The molecule has 4 rings (SSSR count). The molecule has 2 heterocycles. The zero-order chi connectivity index (χ0) is 20.9. The van der Waals surface area contributed by atoms with Gasteiger partial charge in [0.1, 0.15) is 16.6 Å². The van der Waals surface area contributed by atoms with Gasteiger partial charge in [-0.2, -0.15) is 0 Å². The topological polar surface area (TPSA) is 70.5 Å². The average Bonchev–Trinajstić information content (AvgIpc) is 3.48. The summed E-state index contributed by atoms with van der Waals surface area (Å²) in [6.45, 7) is 0.103. The zero-order valence-electron chi connectivity index (χ0n) is 16.3. The summed E-state index contributed by atoms with van der Waals surface area (Å²) in [6.07, 6.45) is 0. The standard InChI is InChI=1S/C22H18N2O4S2/c1-26-18-9-8-15(10-19(18)27-2)21-24-17(13-30-21)22(25)28-11-16-12-29-20(23-16)14-6-4-3-5-7-14/h3-10,12-13H,11H2,1-2H3. The van der Waals surface area contributed by atoms with Gasteiger partial charge in [-0.05, 0) is 18.2 Å². The highest BCUT2D eigenvalue weighted by molar-refractivity contribution is 7.13. The summed E-state index contributed by atoms with van der Waals surface area (Å²) in [5.74, 6) is 0.759. The summed E-state index contributed by atoms with van der Waals surface area (Å²) in [6, 6.07) is 15.4. The summed E-state index contributed by atoms with van der Waals surface area (Å²) in [5.41, 5.74) is 2.86. The summed E-state index contributed by atoms with van der Waals surface area (Å²) in [7, 11) is 3.16.